The lowest BCUT2D eigenvalue weighted by Gasteiger charge is -2.35. The standard InChI is InChI=1S/C14H22N4O3/c1-9-16-12(14(19)20-2)13(15)18(9)7-11-6-17-5-3-4-10(17)8-21-11/h10-11H,3-8,15H2,1-2H3. The molecule has 0 aliphatic carbocycles. The average Bonchev–Trinajstić information content (AvgIpc) is 3.05. The number of carbonyl (C=O) groups is 1. The van der Waals surface area contributed by atoms with Crippen molar-refractivity contribution in [2.75, 3.05) is 32.5 Å². The molecular weight excluding hydrogens is 272 g/mol. The molecule has 0 aromatic carbocycles. The number of ether oxygens (including phenoxy) is 2. The van der Waals surface area contributed by atoms with Gasteiger partial charge < -0.3 is 19.8 Å². The van der Waals surface area contributed by atoms with Crippen LogP contribution in [0.25, 0.3) is 0 Å². The number of morpholine rings is 1. The Morgan fingerprint density at radius 1 is 1.57 bits per heavy atom. The van der Waals surface area contributed by atoms with E-state index >= 15 is 0 Å². The Balaban J connectivity index is 1.73. The summed E-state index contributed by atoms with van der Waals surface area (Å²) in [6.07, 6.45) is 2.56. The number of fused-ring (bicyclic) bond motifs is 1. The number of nitrogens with zero attached hydrogens (tertiary/aromatic N) is 3. The number of hydrogen-bond acceptors (Lipinski definition) is 6. The zero-order valence-electron chi connectivity index (χ0n) is 12.5. The molecule has 116 valence electrons. The second kappa shape index (κ2) is 5.65. The first kappa shape index (κ1) is 14.3. The number of esters is 1. The van der Waals surface area contributed by atoms with E-state index < -0.39 is 5.97 Å². The van der Waals surface area contributed by atoms with Crippen molar-refractivity contribution in [3.05, 3.63) is 11.5 Å². The third-order valence-corrected chi connectivity index (χ3v) is 4.42. The summed E-state index contributed by atoms with van der Waals surface area (Å²) in [5, 5.41) is 0. The summed E-state index contributed by atoms with van der Waals surface area (Å²) in [7, 11) is 1.33. The molecule has 2 saturated heterocycles. The highest BCUT2D eigenvalue weighted by atomic mass is 16.5. The summed E-state index contributed by atoms with van der Waals surface area (Å²) in [6.45, 7) is 5.29. The first-order valence-corrected chi connectivity index (χ1v) is 7.36. The maximum atomic E-state index is 11.6. The van der Waals surface area contributed by atoms with Gasteiger partial charge in [0, 0.05) is 12.6 Å². The highest BCUT2D eigenvalue weighted by Crippen LogP contribution is 2.24. The number of hydrogen-bond donors (Lipinski definition) is 1. The van der Waals surface area contributed by atoms with Crippen LogP contribution in [0, 0.1) is 6.92 Å². The number of imidazole rings is 1. The fourth-order valence-corrected chi connectivity index (χ4v) is 3.26. The largest absolute Gasteiger partial charge is 0.464 e. The summed E-state index contributed by atoms with van der Waals surface area (Å²) in [5.41, 5.74) is 6.22. The predicted octanol–water partition coefficient (Wildman–Crippen LogP) is 0.424. The zero-order chi connectivity index (χ0) is 15.0. The number of nitrogens with two attached hydrogens (primary N) is 1. The van der Waals surface area contributed by atoms with Crippen molar-refractivity contribution in [1.29, 1.82) is 0 Å². The van der Waals surface area contributed by atoms with E-state index in [1.807, 2.05) is 11.5 Å². The Kier molecular flexibility index (Phi) is 3.86. The molecule has 3 heterocycles. The van der Waals surface area contributed by atoms with Crippen LogP contribution in [0.5, 0.6) is 0 Å². The van der Waals surface area contributed by atoms with Gasteiger partial charge in [0.15, 0.2) is 5.69 Å². The Morgan fingerprint density at radius 2 is 2.38 bits per heavy atom. The van der Waals surface area contributed by atoms with E-state index in [1.165, 1.54) is 20.0 Å². The van der Waals surface area contributed by atoms with E-state index in [0.717, 1.165) is 19.7 Å². The Morgan fingerprint density at radius 3 is 3.14 bits per heavy atom. The smallest absolute Gasteiger partial charge is 0.360 e. The van der Waals surface area contributed by atoms with Crippen molar-refractivity contribution in [2.24, 2.45) is 0 Å². The van der Waals surface area contributed by atoms with Crippen molar-refractivity contribution >= 4 is 11.8 Å². The second-order valence-electron chi connectivity index (χ2n) is 5.74. The molecule has 7 heteroatoms. The van der Waals surface area contributed by atoms with Crippen molar-refractivity contribution in [1.82, 2.24) is 14.5 Å². The van der Waals surface area contributed by atoms with E-state index in [-0.39, 0.29) is 11.8 Å². The van der Waals surface area contributed by atoms with Crippen LogP contribution in [-0.4, -0.2) is 59.4 Å². The van der Waals surface area contributed by atoms with Gasteiger partial charge in [-0.2, -0.15) is 0 Å². The Hall–Kier alpha value is -1.60. The molecule has 2 aliphatic rings. The molecule has 2 N–H and O–H groups in total. The third-order valence-electron chi connectivity index (χ3n) is 4.42. The van der Waals surface area contributed by atoms with Crippen LogP contribution in [0.4, 0.5) is 5.82 Å². The van der Waals surface area contributed by atoms with Gasteiger partial charge >= 0.3 is 5.97 Å². The zero-order valence-corrected chi connectivity index (χ0v) is 12.5. The topological polar surface area (TPSA) is 82.6 Å². The number of anilines is 1. The summed E-state index contributed by atoms with van der Waals surface area (Å²) < 4.78 is 12.5. The Bertz CT molecular complexity index is 543. The van der Waals surface area contributed by atoms with E-state index in [4.69, 9.17) is 15.2 Å². The molecule has 2 unspecified atom stereocenters. The monoisotopic (exact) mass is 294 g/mol. The van der Waals surface area contributed by atoms with Crippen LogP contribution in [0.15, 0.2) is 0 Å². The van der Waals surface area contributed by atoms with Gasteiger partial charge in [0.05, 0.1) is 26.4 Å². The number of carbonyl (C=O) groups excluding carboxylic acids is 1. The van der Waals surface area contributed by atoms with Crippen molar-refractivity contribution in [2.45, 2.75) is 38.5 Å². The number of methoxy groups -OCH3 is 1. The molecule has 0 spiro atoms. The molecule has 0 saturated carbocycles. The van der Waals surface area contributed by atoms with Crippen molar-refractivity contribution in [3.8, 4) is 0 Å². The molecule has 1 aromatic rings. The maximum absolute atomic E-state index is 11.6. The van der Waals surface area contributed by atoms with E-state index in [2.05, 4.69) is 9.88 Å². The van der Waals surface area contributed by atoms with Gasteiger partial charge in [0.25, 0.3) is 0 Å². The molecule has 21 heavy (non-hydrogen) atoms. The summed E-state index contributed by atoms with van der Waals surface area (Å²) in [5.74, 6) is 0.560. The molecule has 2 atom stereocenters. The fraction of sp³-hybridized carbons (Fsp3) is 0.714. The quantitative estimate of drug-likeness (QED) is 0.814. The van der Waals surface area contributed by atoms with Gasteiger partial charge in [0.2, 0.25) is 0 Å². The molecule has 0 bridgehead atoms. The van der Waals surface area contributed by atoms with Crippen molar-refractivity contribution in [3.63, 3.8) is 0 Å². The average molecular weight is 294 g/mol. The van der Waals surface area contributed by atoms with Gasteiger partial charge in [-0.15, -0.1) is 0 Å². The van der Waals surface area contributed by atoms with E-state index in [0.29, 0.717) is 24.2 Å². The number of rotatable bonds is 3. The van der Waals surface area contributed by atoms with Gasteiger partial charge in [-0.3, -0.25) is 4.90 Å². The minimum Gasteiger partial charge on any atom is -0.464 e. The molecule has 1 aromatic heterocycles. The number of aryl methyl sites for hydroxylation is 1. The van der Waals surface area contributed by atoms with Gasteiger partial charge in [-0.1, -0.05) is 0 Å². The van der Waals surface area contributed by atoms with E-state index in [9.17, 15) is 4.79 Å². The van der Waals surface area contributed by atoms with Crippen LogP contribution >= 0.6 is 0 Å². The molecule has 3 rings (SSSR count). The maximum Gasteiger partial charge on any atom is 0.360 e. The van der Waals surface area contributed by atoms with Crippen LogP contribution in [0.2, 0.25) is 0 Å². The highest BCUT2D eigenvalue weighted by Gasteiger charge is 2.33. The van der Waals surface area contributed by atoms with Gasteiger partial charge in [-0.05, 0) is 26.3 Å². The lowest BCUT2D eigenvalue weighted by molar-refractivity contribution is -0.0551. The highest BCUT2D eigenvalue weighted by molar-refractivity contribution is 5.92. The first-order chi connectivity index (χ1) is 10.1. The van der Waals surface area contributed by atoms with Gasteiger partial charge in [0.1, 0.15) is 11.6 Å². The van der Waals surface area contributed by atoms with Gasteiger partial charge in [-0.25, -0.2) is 9.78 Å². The molecule has 2 aliphatic heterocycles. The second-order valence-corrected chi connectivity index (χ2v) is 5.74. The molecule has 7 nitrogen and oxygen atoms in total. The molecule has 2 fully saturated rings. The lowest BCUT2D eigenvalue weighted by Crippen LogP contribution is -2.47. The SMILES string of the molecule is COC(=O)c1nc(C)n(CC2CN3CCCC3CO2)c1N. The summed E-state index contributed by atoms with van der Waals surface area (Å²) >= 11 is 0. The Labute approximate surface area is 124 Å². The first-order valence-electron chi connectivity index (χ1n) is 7.36. The van der Waals surface area contributed by atoms with Crippen LogP contribution in [0.3, 0.4) is 0 Å². The van der Waals surface area contributed by atoms with Crippen LogP contribution in [0.1, 0.15) is 29.2 Å². The molecule has 0 amide bonds. The van der Waals surface area contributed by atoms with Crippen LogP contribution < -0.4 is 5.73 Å². The van der Waals surface area contributed by atoms with Crippen LogP contribution in [-0.2, 0) is 16.0 Å². The number of nitrogen functional groups attached to an aromatic ring is 1. The van der Waals surface area contributed by atoms with Crippen molar-refractivity contribution < 1.29 is 14.3 Å². The third kappa shape index (κ3) is 2.63. The minimum absolute atomic E-state index is 0.0834. The lowest BCUT2D eigenvalue weighted by atomic mass is 10.2. The molecular formula is C14H22N4O3. The number of aromatic nitrogens is 2. The normalized spacial score (nSPS) is 25.8. The molecule has 0 radical (unpaired) electrons. The summed E-state index contributed by atoms with van der Waals surface area (Å²) in [4.78, 5) is 18.3. The van der Waals surface area contributed by atoms with E-state index in [1.54, 1.807) is 0 Å². The fourth-order valence-electron chi connectivity index (χ4n) is 3.26. The summed E-state index contributed by atoms with van der Waals surface area (Å²) in [6, 6.07) is 0.577. The predicted molar refractivity (Wildman–Crippen MR) is 77.1 cm³/mol. The minimum atomic E-state index is -0.501.